The SMILES string of the molecule is CCN(Cc1ccccc1)C(=O)CCN(C(C)=O)c1ccc(C(F)(F)F)cc1. The molecule has 0 saturated heterocycles. The molecule has 0 spiro atoms. The molecule has 2 amide bonds. The maximum absolute atomic E-state index is 12.7. The third kappa shape index (κ3) is 5.84. The Kier molecular flexibility index (Phi) is 7.20. The molecule has 0 atom stereocenters. The zero-order valence-corrected chi connectivity index (χ0v) is 15.9. The van der Waals surface area contributed by atoms with Crippen molar-refractivity contribution in [1.29, 1.82) is 0 Å². The van der Waals surface area contributed by atoms with E-state index in [0.717, 1.165) is 17.7 Å². The Morgan fingerprint density at radius 1 is 0.964 bits per heavy atom. The fourth-order valence-corrected chi connectivity index (χ4v) is 2.84. The minimum atomic E-state index is -4.44. The summed E-state index contributed by atoms with van der Waals surface area (Å²) >= 11 is 0. The van der Waals surface area contributed by atoms with Gasteiger partial charge in [-0.15, -0.1) is 0 Å². The summed E-state index contributed by atoms with van der Waals surface area (Å²) in [7, 11) is 0. The average Bonchev–Trinajstić information content (AvgIpc) is 2.66. The van der Waals surface area contributed by atoms with E-state index in [1.165, 1.54) is 24.0 Å². The predicted octanol–water partition coefficient (Wildman–Crippen LogP) is 4.50. The summed E-state index contributed by atoms with van der Waals surface area (Å²) in [6.07, 6.45) is -4.35. The highest BCUT2D eigenvalue weighted by molar-refractivity contribution is 5.92. The highest BCUT2D eigenvalue weighted by Gasteiger charge is 2.30. The van der Waals surface area contributed by atoms with Gasteiger partial charge in [-0.05, 0) is 36.8 Å². The highest BCUT2D eigenvalue weighted by Crippen LogP contribution is 2.30. The Bertz CT molecular complexity index is 790. The quantitative estimate of drug-likeness (QED) is 0.696. The van der Waals surface area contributed by atoms with E-state index in [2.05, 4.69) is 0 Å². The average molecular weight is 392 g/mol. The van der Waals surface area contributed by atoms with Crippen LogP contribution < -0.4 is 4.90 Å². The van der Waals surface area contributed by atoms with Crippen LogP contribution in [0, 0.1) is 0 Å². The standard InChI is InChI=1S/C21H23F3N2O2/c1-3-25(15-17-7-5-4-6-8-17)20(28)13-14-26(16(2)27)19-11-9-18(10-12-19)21(22,23)24/h4-12H,3,13-15H2,1-2H3. The molecule has 0 heterocycles. The smallest absolute Gasteiger partial charge is 0.339 e. The van der Waals surface area contributed by atoms with Crippen LogP contribution in [0.3, 0.4) is 0 Å². The highest BCUT2D eigenvalue weighted by atomic mass is 19.4. The number of rotatable bonds is 7. The lowest BCUT2D eigenvalue weighted by atomic mass is 10.1. The van der Waals surface area contributed by atoms with Gasteiger partial charge in [0.25, 0.3) is 0 Å². The van der Waals surface area contributed by atoms with E-state index in [9.17, 15) is 22.8 Å². The molecular formula is C21H23F3N2O2. The molecule has 2 aromatic carbocycles. The Morgan fingerprint density at radius 2 is 1.57 bits per heavy atom. The van der Waals surface area contributed by atoms with Crippen LogP contribution in [0.5, 0.6) is 0 Å². The maximum atomic E-state index is 12.7. The molecule has 4 nitrogen and oxygen atoms in total. The van der Waals surface area contributed by atoms with Gasteiger partial charge in [0.05, 0.1) is 5.56 Å². The van der Waals surface area contributed by atoms with Crippen LogP contribution in [-0.4, -0.2) is 29.8 Å². The van der Waals surface area contributed by atoms with Crippen molar-refractivity contribution in [2.45, 2.75) is 33.0 Å². The number of anilines is 1. The van der Waals surface area contributed by atoms with E-state index in [1.54, 1.807) is 4.90 Å². The van der Waals surface area contributed by atoms with Crippen LogP contribution in [0.1, 0.15) is 31.4 Å². The third-order valence-electron chi connectivity index (χ3n) is 4.39. The van der Waals surface area contributed by atoms with Crippen LogP contribution in [0.4, 0.5) is 18.9 Å². The number of hydrogen-bond donors (Lipinski definition) is 0. The fraction of sp³-hybridized carbons (Fsp3) is 0.333. The Morgan fingerprint density at radius 3 is 2.07 bits per heavy atom. The Labute approximate surface area is 162 Å². The van der Waals surface area contributed by atoms with Gasteiger partial charge < -0.3 is 9.80 Å². The molecule has 0 unspecified atom stereocenters. The van der Waals surface area contributed by atoms with Crippen LogP contribution >= 0.6 is 0 Å². The number of hydrogen-bond acceptors (Lipinski definition) is 2. The summed E-state index contributed by atoms with van der Waals surface area (Å²) < 4.78 is 38.1. The second kappa shape index (κ2) is 9.39. The van der Waals surface area contributed by atoms with Crippen molar-refractivity contribution in [2.75, 3.05) is 18.0 Å². The maximum Gasteiger partial charge on any atom is 0.416 e. The van der Waals surface area contributed by atoms with Crippen LogP contribution in [0.2, 0.25) is 0 Å². The first-order valence-electron chi connectivity index (χ1n) is 8.99. The van der Waals surface area contributed by atoms with Crippen molar-refractivity contribution in [3.63, 3.8) is 0 Å². The summed E-state index contributed by atoms with van der Waals surface area (Å²) in [5, 5.41) is 0. The molecule has 0 bridgehead atoms. The molecule has 0 saturated carbocycles. The zero-order valence-electron chi connectivity index (χ0n) is 15.9. The van der Waals surface area contributed by atoms with Gasteiger partial charge in [0, 0.05) is 38.7 Å². The van der Waals surface area contributed by atoms with Crippen molar-refractivity contribution in [1.82, 2.24) is 4.90 Å². The van der Waals surface area contributed by atoms with Crippen LogP contribution in [0.25, 0.3) is 0 Å². The predicted molar refractivity (Wildman–Crippen MR) is 102 cm³/mol. The van der Waals surface area contributed by atoms with Gasteiger partial charge in [0.15, 0.2) is 0 Å². The van der Waals surface area contributed by atoms with Gasteiger partial charge in [-0.2, -0.15) is 13.2 Å². The topological polar surface area (TPSA) is 40.6 Å². The van der Waals surface area contributed by atoms with E-state index in [-0.39, 0.29) is 24.8 Å². The molecule has 0 aromatic heterocycles. The molecule has 0 aliphatic heterocycles. The summed E-state index contributed by atoms with van der Waals surface area (Å²) in [4.78, 5) is 27.5. The Balaban J connectivity index is 2.03. The third-order valence-corrected chi connectivity index (χ3v) is 4.39. The second-order valence-electron chi connectivity index (χ2n) is 6.36. The number of carbonyl (C=O) groups excluding carboxylic acids is 2. The fourth-order valence-electron chi connectivity index (χ4n) is 2.84. The van der Waals surface area contributed by atoms with Gasteiger partial charge in [-0.1, -0.05) is 30.3 Å². The normalized spacial score (nSPS) is 11.2. The minimum absolute atomic E-state index is 0.0846. The number of carbonyl (C=O) groups is 2. The molecular weight excluding hydrogens is 369 g/mol. The first kappa shape index (κ1) is 21.5. The van der Waals surface area contributed by atoms with E-state index in [4.69, 9.17) is 0 Å². The van der Waals surface area contributed by atoms with Gasteiger partial charge in [-0.25, -0.2) is 0 Å². The van der Waals surface area contributed by atoms with Crippen LogP contribution in [0.15, 0.2) is 54.6 Å². The van der Waals surface area contributed by atoms with Crippen molar-refractivity contribution in [3.8, 4) is 0 Å². The van der Waals surface area contributed by atoms with E-state index in [0.29, 0.717) is 18.8 Å². The zero-order chi connectivity index (χ0) is 20.7. The van der Waals surface area contributed by atoms with E-state index >= 15 is 0 Å². The molecule has 2 aromatic rings. The van der Waals surface area contributed by atoms with E-state index < -0.39 is 11.7 Å². The number of halogens is 3. The number of benzene rings is 2. The first-order chi connectivity index (χ1) is 13.2. The molecule has 0 fully saturated rings. The number of nitrogens with zero attached hydrogens (tertiary/aromatic N) is 2. The largest absolute Gasteiger partial charge is 0.416 e. The van der Waals surface area contributed by atoms with Gasteiger partial charge in [-0.3, -0.25) is 9.59 Å². The van der Waals surface area contributed by atoms with Crippen molar-refractivity contribution in [3.05, 3.63) is 65.7 Å². The summed E-state index contributed by atoms with van der Waals surface area (Å²) in [5.41, 5.74) is 0.555. The number of amides is 2. The molecule has 0 aliphatic rings. The van der Waals surface area contributed by atoms with Gasteiger partial charge in [0.2, 0.25) is 11.8 Å². The lowest BCUT2D eigenvalue weighted by Gasteiger charge is -2.25. The van der Waals surface area contributed by atoms with Gasteiger partial charge >= 0.3 is 6.18 Å². The summed E-state index contributed by atoms with van der Waals surface area (Å²) in [5.74, 6) is -0.455. The molecule has 7 heteroatoms. The minimum Gasteiger partial charge on any atom is -0.339 e. The molecule has 28 heavy (non-hydrogen) atoms. The molecule has 0 aliphatic carbocycles. The molecule has 0 radical (unpaired) electrons. The lowest BCUT2D eigenvalue weighted by Crippen LogP contribution is -2.36. The second-order valence-corrected chi connectivity index (χ2v) is 6.36. The lowest BCUT2D eigenvalue weighted by molar-refractivity contribution is -0.137. The van der Waals surface area contributed by atoms with Crippen molar-refractivity contribution < 1.29 is 22.8 Å². The first-order valence-corrected chi connectivity index (χ1v) is 8.99. The summed E-state index contributed by atoms with van der Waals surface area (Å²) in [6, 6.07) is 13.9. The van der Waals surface area contributed by atoms with Crippen molar-refractivity contribution in [2.24, 2.45) is 0 Å². The molecule has 2 rings (SSSR count). The van der Waals surface area contributed by atoms with E-state index in [1.807, 2.05) is 37.3 Å². The summed E-state index contributed by atoms with van der Waals surface area (Å²) in [6.45, 7) is 4.29. The van der Waals surface area contributed by atoms with Crippen molar-refractivity contribution >= 4 is 17.5 Å². The molecule has 150 valence electrons. The van der Waals surface area contributed by atoms with Crippen LogP contribution in [-0.2, 0) is 22.3 Å². The molecule has 0 N–H and O–H groups in total. The monoisotopic (exact) mass is 392 g/mol. The Hall–Kier alpha value is -2.83. The van der Waals surface area contributed by atoms with Gasteiger partial charge in [0.1, 0.15) is 0 Å². The number of alkyl halides is 3.